The highest BCUT2D eigenvalue weighted by atomic mass is 16.3. The summed E-state index contributed by atoms with van der Waals surface area (Å²) >= 11 is 0. The van der Waals surface area contributed by atoms with Crippen LogP contribution in [0.1, 0.15) is 37.3 Å². The molecule has 1 aromatic carbocycles. The molecule has 0 aliphatic rings. The van der Waals surface area contributed by atoms with Crippen molar-refractivity contribution in [1.29, 1.82) is 0 Å². The van der Waals surface area contributed by atoms with E-state index in [9.17, 15) is 0 Å². The van der Waals surface area contributed by atoms with E-state index in [2.05, 4.69) is 43.4 Å². The average molecular weight is 193 g/mol. The van der Waals surface area contributed by atoms with E-state index in [0.29, 0.717) is 5.92 Å². The van der Waals surface area contributed by atoms with Gasteiger partial charge in [-0.15, -0.1) is 0 Å². The monoisotopic (exact) mass is 193 g/mol. The summed E-state index contributed by atoms with van der Waals surface area (Å²) in [4.78, 5) is 0. The molecule has 78 valence electrons. The SMILES string of the molecule is CCC(C)c1ccc(CNCO)cc1. The minimum absolute atomic E-state index is 0.0348. The highest BCUT2D eigenvalue weighted by Gasteiger charge is 2.01. The maximum absolute atomic E-state index is 8.60. The molecule has 0 spiro atoms. The molecule has 0 saturated heterocycles. The molecule has 2 heteroatoms. The predicted molar refractivity (Wildman–Crippen MR) is 59.1 cm³/mol. The summed E-state index contributed by atoms with van der Waals surface area (Å²) in [6.45, 7) is 5.21. The van der Waals surface area contributed by atoms with Crippen LogP contribution >= 0.6 is 0 Å². The van der Waals surface area contributed by atoms with Gasteiger partial charge in [-0.05, 0) is 23.5 Å². The predicted octanol–water partition coefficient (Wildman–Crippen LogP) is 2.24. The van der Waals surface area contributed by atoms with E-state index in [-0.39, 0.29) is 6.73 Å². The standard InChI is InChI=1S/C12H19NO/c1-3-10(2)12-6-4-11(5-7-12)8-13-9-14/h4-7,10,13-14H,3,8-9H2,1-2H3. The average Bonchev–Trinajstić information content (AvgIpc) is 2.26. The Morgan fingerprint density at radius 3 is 2.43 bits per heavy atom. The molecule has 1 unspecified atom stereocenters. The number of nitrogens with one attached hydrogen (secondary N) is 1. The Bertz CT molecular complexity index is 256. The van der Waals surface area contributed by atoms with Crippen molar-refractivity contribution in [3.05, 3.63) is 35.4 Å². The zero-order valence-electron chi connectivity index (χ0n) is 8.96. The van der Waals surface area contributed by atoms with E-state index < -0.39 is 0 Å². The Morgan fingerprint density at radius 1 is 1.29 bits per heavy atom. The van der Waals surface area contributed by atoms with Crippen LogP contribution in [0.4, 0.5) is 0 Å². The zero-order chi connectivity index (χ0) is 10.4. The maximum atomic E-state index is 8.60. The smallest absolute Gasteiger partial charge is 0.0934 e. The van der Waals surface area contributed by atoms with Crippen LogP contribution in [0.15, 0.2) is 24.3 Å². The van der Waals surface area contributed by atoms with Gasteiger partial charge >= 0.3 is 0 Å². The molecule has 0 bridgehead atoms. The third kappa shape index (κ3) is 3.13. The summed E-state index contributed by atoms with van der Waals surface area (Å²) in [5.41, 5.74) is 2.60. The summed E-state index contributed by atoms with van der Waals surface area (Å²) in [7, 11) is 0. The van der Waals surface area contributed by atoms with Gasteiger partial charge in [0.05, 0.1) is 6.73 Å². The quantitative estimate of drug-likeness (QED) is 0.703. The molecule has 0 heterocycles. The summed E-state index contributed by atoms with van der Waals surface area (Å²) < 4.78 is 0. The molecule has 14 heavy (non-hydrogen) atoms. The Labute approximate surface area is 86.0 Å². The molecular weight excluding hydrogens is 174 g/mol. The fourth-order valence-electron chi connectivity index (χ4n) is 1.40. The van der Waals surface area contributed by atoms with E-state index >= 15 is 0 Å². The highest BCUT2D eigenvalue weighted by Crippen LogP contribution is 2.18. The van der Waals surface area contributed by atoms with Gasteiger partial charge in [-0.1, -0.05) is 38.1 Å². The van der Waals surface area contributed by atoms with Crippen molar-refractivity contribution in [2.75, 3.05) is 6.73 Å². The lowest BCUT2D eigenvalue weighted by atomic mass is 9.98. The molecule has 1 rings (SSSR count). The van der Waals surface area contributed by atoms with E-state index in [0.717, 1.165) is 6.54 Å². The fraction of sp³-hybridized carbons (Fsp3) is 0.500. The molecule has 0 radical (unpaired) electrons. The third-order valence-corrected chi connectivity index (χ3v) is 2.60. The van der Waals surface area contributed by atoms with Crippen LogP contribution in [0.3, 0.4) is 0 Å². The topological polar surface area (TPSA) is 32.3 Å². The largest absolute Gasteiger partial charge is 0.381 e. The lowest BCUT2D eigenvalue weighted by Crippen LogP contribution is -2.13. The molecule has 0 saturated carbocycles. The molecule has 2 N–H and O–H groups in total. The summed E-state index contributed by atoms with van der Waals surface area (Å²) in [6, 6.07) is 8.57. The molecule has 2 nitrogen and oxygen atoms in total. The number of hydrogen-bond donors (Lipinski definition) is 2. The molecule has 0 fully saturated rings. The Hall–Kier alpha value is -0.860. The van der Waals surface area contributed by atoms with Crippen LogP contribution in [-0.4, -0.2) is 11.8 Å². The van der Waals surface area contributed by atoms with Crippen molar-refractivity contribution in [1.82, 2.24) is 5.32 Å². The summed E-state index contributed by atoms with van der Waals surface area (Å²) in [5.74, 6) is 0.634. The number of aliphatic hydroxyl groups is 1. The third-order valence-electron chi connectivity index (χ3n) is 2.60. The van der Waals surface area contributed by atoms with Crippen LogP contribution < -0.4 is 5.32 Å². The van der Waals surface area contributed by atoms with Gasteiger partial charge in [0.15, 0.2) is 0 Å². The van der Waals surface area contributed by atoms with Crippen LogP contribution in [0, 0.1) is 0 Å². The molecular formula is C12H19NO. The van der Waals surface area contributed by atoms with Crippen LogP contribution in [0.5, 0.6) is 0 Å². The second-order valence-corrected chi connectivity index (χ2v) is 3.64. The van der Waals surface area contributed by atoms with Crippen molar-refractivity contribution in [2.24, 2.45) is 0 Å². The van der Waals surface area contributed by atoms with E-state index in [1.54, 1.807) is 0 Å². The first-order valence-corrected chi connectivity index (χ1v) is 5.18. The lowest BCUT2D eigenvalue weighted by molar-refractivity contribution is 0.259. The minimum Gasteiger partial charge on any atom is -0.381 e. The summed E-state index contributed by atoms with van der Waals surface area (Å²) in [6.07, 6.45) is 1.17. The second kappa shape index (κ2) is 5.78. The Kier molecular flexibility index (Phi) is 4.63. The highest BCUT2D eigenvalue weighted by molar-refractivity contribution is 5.24. The molecule has 1 atom stereocenters. The lowest BCUT2D eigenvalue weighted by Gasteiger charge is -2.09. The van der Waals surface area contributed by atoms with Gasteiger partial charge in [0.1, 0.15) is 0 Å². The van der Waals surface area contributed by atoms with Gasteiger partial charge in [0.25, 0.3) is 0 Å². The Balaban J connectivity index is 2.59. The van der Waals surface area contributed by atoms with Gasteiger partial charge in [-0.25, -0.2) is 0 Å². The van der Waals surface area contributed by atoms with Crippen molar-refractivity contribution in [3.63, 3.8) is 0 Å². The molecule has 0 amide bonds. The van der Waals surface area contributed by atoms with Gasteiger partial charge in [0.2, 0.25) is 0 Å². The fourth-order valence-corrected chi connectivity index (χ4v) is 1.40. The van der Waals surface area contributed by atoms with Crippen LogP contribution in [0.2, 0.25) is 0 Å². The van der Waals surface area contributed by atoms with Gasteiger partial charge < -0.3 is 5.11 Å². The number of aliphatic hydroxyl groups excluding tert-OH is 1. The van der Waals surface area contributed by atoms with E-state index in [4.69, 9.17) is 5.11 Å². The number of benzene rings is 1. The zero-order valence-corrected chi connectivity index (χ0v) is 8.96. The van der Waals surface area contributed by atoms with Gasteiger partial charge in [-0.3, -0.25) is 5.32 Å². The molecule has 0 aromatic heterocycles. The van der Waals surface area contributed by atoms with Crippen LogP contribution in [-0.2, 0) is 6.54 Å². The maximum Gasteiger partial charge on any atom is 0.0934 e. The first-order valence-electron chi connectivity index (χ1n) is 5.18. The molecule has 1 aromatic rings. The number of hydrogen-bond acceptors (Lipinski definition) is 2. The Morgan fingerprint density at radius 2 is 1.93 bits per heavy atom. The van der Waals surface area contributed by atoms with E-state index in [1.165, 1.54) is 17.5 Å². The number of rotatable bonds is 5. The van der Waals surface area contributed by atoms with E-state index in [1.807, 2.05) is 0 Å². The van der Waals surface area contributed by atoms with Crippen molar-refractivity contribution in [2.45, 2.75) is 32.7 Å². The second-order valence-electron chi connectivity index (χ2n) is 3.64. The van der Waals surface area contributed by atoms with Crippen molar-refractivity contribution in [3.8, 4) is 0 Å². The first kappa shape index (κ1) is 11.2. The van der Waals surface area contributed by atoms with Crippen LogP contribution in [0.25, 0.3) is 0 Å². The van der Waals surface area contributed by atoms with Crippen molar-refractivity contribution >= 4 is 0 Å². The normalized spacial score (nSPS) is 12.8. The van der Waals surface area contributed by atoms with Gasteiger partial charge in [0, 0.05) is 6.54 Å². The van der Waals surface area contributed by atoms with Crippen molar-refractivity contribution < 1.29 is 5.11 Å². The minimum atomic E-state index is 0.0348. The summed E-state index contributed by atoms with van der Waals surface area (Å²) in [5, 5.41) is 11.5. The van der Waals surface area contributed by atoms with Gasteiger partial charge in [-0.2, -0.15) is 0 Å². The molecule has 0 aliphatic carbocycles. The first-order chi connectivity index (χ1) is 6.77. The molecule has 0 aliphatic heterocycles.